The Balaban J connectivity index is 3.39. The summed E-state index contributed by atoms with van der Waals surface area (Å²) < 4.78 is 0.928. The molecule has 0 bridgehead atoms. The molecule has 0 spiro atoms. The van der Waals surface area contributed by atoms with Gasteiger partial charge in [-0.3, -0.25) is 0 Å². The lowest BCUT2D eigenvalue weighted by Crippen LogP contribution is -2.07. The molecule has 0 aliphatic carbocycles. The zero-order chi connectivity index (χ0) is 10.7. The van der Waals surface area contributed by atoms with Gasteiger partial charge >= 0.3 is 0 Å². The van der Waals surface area contributed by atoms with E-state index in [1.807, 2.05) is 32.0 Å². The number of nitrogens with zero attached hydrogens (tertiary/aromatic N) is 1. The van der Waals surface area contributed by atoms with E-state index in [1.54, 1.807) is 13.0 Å². The summed E-state index contributed by atoms with van der Waals surface area (Å²) in [7, 11) is 0. The van der Waals surface area contributed by atoms with E-state index in [4.69, 9.17) is 0 Å². The number of benzene rings is 1. The van der Waals surface area contributed by atoms with Crippen molar-refractivity contribution in [1.29, 1.82) is 0 Å². The molecular weight excluding hydrogens is 174 g/mol. The Labute approximate surface area is 84.8 Å². The van der Waals surface area contributed by atoms with E-state index in [9.17, 15) is 5.21 Å². The molecular formula is C12H15NO. The second-order valence-corrected chi connectivity index (χ2v) is 3.38. The van der Waals surface area contributed by atoms with Crippen LogP contribution in [-0.2, 0) is 0 Å². The topological polar surface area (TPSA) is 26.1 Å². The van der Waals surface area contributed by atoms with Gasteiger partial charge in [0, 0.05) is 18.1 Å². The van der Waals surface area contributed by atoms with Crippen LogP contribution in [0, 0.1) is 19.1 Å². The third kappa shape index (κ3) is 1.84. The zero-order valence-corrected chi connectivity index (χ0v) is 8.87. The molecule has 0 saturated carbocycles. The van der Waals surface area contributed by atoms with Crippen molar-refractivity contribution >= 4 is 11.4 Å². The maximum atomic E-state index is 11.8. The number of hydrogen-bond donors (Lipinski definition) is 0. The maximum absolute atomic E-state index is 11.8. The van der Waals surface area contributed by atoms with Crippen molar-refractivity contribution in [2.24, 2.45) is 0 Å². The monoisotopic (exact) mass is 189 g/mol. The van der Waals surface area contributed by atoms with Crippen molar-refractivity contribution in [2.45, 2.75) is 20.8 Å². The Morgan fingerprint density at radius 1 is 1.36 bits per heavy atom. The highest BCUT2D eigenvalue weighted by Gasteiger charge is 2.11. The predicted octanol–water partition coefficient (Wildman–Crippen LogP) is 3.09. The lowest BCUT2D eigenvalue weighted by atomic mass is 10.1. The van der Waals surface area contributed by atoms with E-state index in [0.717, 1.165) is 21.6 Å². The minimum Gasteiger partial charge on any atom is -0.618 e. The first-order valence-corrected chi connectivity index (χ1v) is 4.57. The number of allylic oxidation sites excluding steroid dienone is 1. The summed E-state index contributed by atoms with van der Waals surface area (Å²) in [5.74, 6) is 0. The number of aryl methyl sites for hydroxylation is 2. The van der Waals surface area contributed by atoms with Gasteiger partial charge in [0.2, 0.25) is 5.69 Å². The molecule has 0 aliphatic heterocycles. The molecule has 0 fully saturated rings. The summed E-state index contributed by atoms with van der Waals surface area (Å²) in [6.45, 7) is 9.21. The van der Waals surface area contributed by atoms with Crippen LogP contribution in [0.3, 0.4) is 0 Å². The van der Waals surface area contributed by atoms with Crippen LogP contribution in [0.1, 0.15) is 18.1 Å². The third-order valence-corrected chi connectivity index (χ3v) is 2.26. The highest BCUT2D eigenvalue weighted by molar-refractivity contribution is 5.89. The molecule has 0 unspecified atom stereocenters. The van der Waals surface area contributed by atoms with Gasteiger partial charge in [-0.2, -0.15) is 4.74 Å². The summed E-state index contributed by atoms with van der Waals surface area (Å²) in [6, 6.07) is 5.82. The van der Waals surface area contributed by atoms with Gasteiger partial charge in [-0.25, -0.2) is 0 Å². The second-order valence-electron chi connectivity index (χ2n) is 3.38. The lowest BCUT2D eigenvalue weighted by Gasteiger charge is -2.10. The van der Waals surface area contributed by atoms with Crippen LogP contribution in [0.25, 0.3) is 0 Å². The minimum atomic E-state index is 0.613. The van der Waals surface area contributed by atoms with Gasteiger partial charge in [0.25, 0.3) is 0 Å². The molecule has 0 aromatic heterocycles. The van der Waals surface area contributed by atoms with Crippen molar-refractivity contribution in [3.05, 3.63) is 47.2 Å². The molecule has 1 aromatic rings. The van der Waals surface area contributed by atoms with E-state index < -0.39 is 0 Å². The first-order valence-electron chi connectivity index (χ1n) is 4.57. The quantitative estimate of drug-likeness (QED) is 0.304. The van der Waals surface area contributed by atoms with Crippen LogP contribution in [0.4, 0.5) is 5.69 Å². The molecule has 0 N–H and O–H groups in total. The molecule has 0 heterocycles. The van der Waals surface area contributed by atoms with E-state index in [-0.39, 0.29) is 0 Å². The Bertz CT molecular complexity index is 371. The van der Waals surface area contributed by atoms with Crippen LogP contribution in [0.5, 0.6) is 0 Å². The highest BCUT2D eigenvalue weighted by atomic mass is 16.5. The first kappa shape index (κ1) is 10.5. The van der Waals surface area contributed by atoms with Crippen LogP contribution >= 0.6 is 0 Å². The van der Waals surface area contributed by atoms with Crippen LogP contribution in [0.15, 0.2) is 30.9 Å². The maximum Gasteiger partial charge on any atom is 0.222 e. The Kier molecular flexibility index (Phi) is 3.07. The number of rotatable bonds is 2. The summed E-state index contributed by atoms with van der Waals surface area (Å²) in [5, 5.41) is 11.8. The molecule has 0 amide bonds. The van der Waals surface area contributed by atoms with Crippen LogP contribution < -0.4 is 0 Å². The van der Waals surface area contributed by atoms with Gasteiger partial charge in [0.1, 0.15) is 0 Å². The smallest absolute Gasteiger partial charge is 0.222 e. The predicted molar refractivity (Wildman–Crippen MR) is 60.1 cm³/mol. The van der Waals surface area contributed by atoms with Crippen LogP contribution in [0.2, 0.25) is 0 Å². The molecule has 74 valence electrons. The highest BCUT2D eigenvalue weighted by Crippen LogP contribution is 2.22. The summed E-state index contributed by atoms with van der Waals surface area (Å²) in [5.41, 5.74) is 3.31. The van der Waals surface area contributed by atoms with E-state index >= 15 is 0 Å². The minimum absolute atomic E-state index is 0.613. The molecule has 1 rings (SSSR count). The Hall–Kier alpha value is -1.57. The van der Waals surface area contributed by atoms with Gasteiger partial charge in [-0.15, -0.1) is 0 Å². The average Bonchev–Trinajstić information content (AvgIpc) is 2.16. The normalized spacial score (nSPS) is 12.2. The lowest BCUT2D eigenvalue weighted by molar-refractivity contribution is -0.361. The molecule has 14 heavy (non-hydrogen) atoms. The molecule has 1 aromatic carbocycles. The van der Waals surface area contributed by atoms with Crippen molar-refractivity contribution < 1.29 is 4.74 Å². The molecule has 0 atom stereocenters. The zero-order valence-electron chi connectivity index (χ0n) is 8.87. The number of para-hydroxylation sites is 1. The largest absolute Gasteiger partial charge is 0.618 e. The van der Waals surface area contributed by atoms with E-state index in [1.165, 1.54) is 0 Å². The molecule has 0 saturated heterocycles. The van der Waals surface area contributed by atoms with Crippen molar-refractivity contribution in [2.75, 3.05) is 0 Å². The second kappa shape index (κ2) is 4.09. The summed E-state index contributed by atoms with van der Waals surface area (Å²) in [4.78, 5) is 0. The average molecular weight is 189 g/mol. The van der Waals surface area contributed by atoms with Crippen molar-refractivity contribution in [3.63, 3.8) is 0 Å². The fourth-order valence-corrected chi connectivity index (χ4v) is 1.39. The molecule has 2 nitrogen and oxygen atoms in total. The molecule has 0 radical (unpaired) electrons. The fraction of sp³-hybridized carbons (Fsp3) is 0.250. The third-order valence-electron chi connectivity index (χ3n) is 2.26. The Morgan fingerprint density at radius 3 is 2.29 bits per heavy atom. The summed E-state index contributed by atoms with van der Waals surface area (Å²) >= 11 is 0. The van der Waals surface area contributed by atoms with Crippen molar-refractivity contribution in [3.8, 4) is 0 Å². The van der Waals surface area contributed by atoms with Gasteiger partial charge < -0.3 is 5.21 Å². The fourth-order valence-electron chi connectivity index (χ4n) is 1.39. The summed E-state index contributed by atoms with van der Waals surface area (Å²) in [6.07, 6.45) is 1.57. The van der Waals surface area contributed by atoms with Gasteiger partial charge in [-0.1, -0.05) is 24.8 Å². The van der Waals surface area contributed by atoms with Gasteiger partial charge in [0.05, 0.1) is 0 Å². The van der Waals surface area contributed by atoms with Gasteiger partial charge in [-0.05, 0) is 19.9 Å². The van der Waals surface area contributed by atoms with Crippen molar-refractivity contribution in [1.82, 2.24) is 0 Å². The Morgan fingerprint density at radius 2 is 1.86 bits per heavy atom. The van der Waals surface area contributed by atoms with Gasteiger partial charge in [0.15, 0.2) is 5.71 Å². The standard InChI is InChI=1S/C12H15NO/c1-5-11(4)13(14)12-9(2)7-6-8-10(12)3/h5-8H,1H2,2-4H3/b13-11+. The number of hydrogen-bond acceptors (Lipinski definition) is 1. The van der Waals surface area contributed by atoms with Crippen LogP contribution in [-0.4, -0.2) is 10.5 Å². The first-order chi connectivity index (χ1) is 6.57. The van der Waals surface area contributed by atoms with E-state index in [0.29, 0.717) is 5.71 Å². The van der Waals surface area contributed by atoms with E-state index in [2.05, 4.69) is 6.58 Å². The molecule has 0 aliphatic rings. The SMILES string of the molecule is C=C/C(C)=[N+](/[O-])c1c(C)cccc1C. The molecule has 2 heteroatoms.